The van der Waals surface area contributed by atoms with Crippen LogP contribution in [0, 0.1) is 0 Å². The first-order valence-electron chi connectivity index (χ1n) is 6.43. The number of amides is 1. The zero-order valence-electron chi connectivity index (χ0n) is 11.7. The van der Waals surface area contributed by atoms with Crippen LogP contribution in [-0.4, -0.2) is 18.2 Å². The van der Waals surface area contributed by atoms with Gasteiger partial charge in [-0.2, -0.15) is 5.10 Å². The Morgan fingerprint density at radius 1 is 1.29 bits per heavy atom. The Morgan fingerprint density at radius 3 is 2.57 bits per heavy atom. The molecule has 0 aliphatic carbocycles. The fourth-order valence-corrected chi connectivity index (χ4v) is 2.96. The van der Waals surface area contributed by atoms with E-state index in [-0.39, 0.29) is 5.91 Å². The first-order chi connectivity index (χ1) is 10.1. The fourth-order valence-electron chi connectivity index (χ4n) is 1.63. The van der Waals surface area contributed by atoms with Gasteiger partial charge in [0.2, 0.25) is 0 Å². The normalized spacial score (nSPS) is 11.3. The van der Waals surface area contributed by atoms with Crippen molar-refractivity contribution < 1.29 is 9.53 Å². The lowest BCUT2D eigenvalue weighted by Crippen LogP contribution is -2.19. The number of nitrogens with zero attached hydrogens (tertiary/aromatic N) is 1. The summed E-state index contributed by atoms with van der Waals surface area (Å²) in [5, 5.41) is 4.12. The molecule has 1 aromatic heterocycles. The van der Waals surface area contributed by atoms with E-state index in [2.05, 4.69) is 26.5 Å². The molecule has 2 aromatic rings. The van der Waals surface area contributed by atoms with Gasteiger partial charge in [-0.15, -0.1) is 11.3 Å². The van der Waals surface area contributed by atoms with Gasteiger partial charge < -0.3 is 4.74 Å². The molecule has 2 rings (SSSR count). The van der Waals surface area contributed by atoms with Gasteiger partial charge in [-0.1, -0.05) is 0 Å². The minimum Gasteiger partial charge on any atom is -0.494 e. The Labute approximate surface area is 136 Å². The number of carbonyl (C=O) groups is 1. The molecule has 1 amide bonds. The molecule has 0 saturated carbocycles. The molecule has 0 bridgehead atoms. The molecular weight excluding hydrogens is 352 g/mol. The van der Waals surface area contributed by atoms with Gasteiger partial charge in [-0.05, 0) is 66.2 Å². The number of hydrogen-bond donors (Lipinski definition) is 1. The fraction of sp³-hybridized carbons (Fsp3) is 0.200. The van der Waals surface area contributed by atoms with Gasteiger partial charge >= 0.3 is 0 Å². The lowest BCUT2D eigenvalue weighted by atomic mass is 10.2. The van der Waals surface area contributed by atoms with Crippen molar-refractivity contribution in [2.75, 3.05) is 6.61 Å². The molecule has 0 aliphatic heterocycles. The number of benzene rings is 1. The van der Waals surface area contributed by atoms with E-state index in [0.717, 1.165) is 20.1 Å². The lowest BCUT2D eigenvalue weighted by molar-refractivity contribution is 0.0955. The van der Waals surface area contributed by atoms with E-state index >= 15 is 0 Å². The van der Waals surface area contributed by atoms with Crippen LogP contribution in [-0.2, 0) is 0 Å². The molecule has 0 unspecified atom stereocenters. The van der Waals surface area contributed by atoms with Crippen LogP contribution in [0.2, 0.25) is 0 Å². The van der Waals surface area contributed by atoms with E-state index in [1.807, 2.05) is 26.0 Å². The predicted molar refractivity (Wildman–Crippen MR) is 89.3 cm³/mol. The SMILES string of the molecule is CCOc1ccc(C(=O)NN=C(C)c2ccc(Br)s2)cc1. The van der Waals surface area contributed by atoms with Crippen LogP contribution in [0.3, 0.4) is 0 Å². The standard InChI is InChI=1S/C15H15BrN2O2S/c1-3-20-12-6-4-11(5-7-12)15(19)18-17-10(2)13-8-9-14(16)21-13/h4-9H,3H2,1-2H3,(H,18,19). The van der Waals surface area contributed by atoms with E-state index in [0.29, 0.717) is 12.2 Å². The van der Waals surface area contributed by atoms with E-state index in [9.17, 15) is 4.79 Å². The number of carbonyl (C=O) groups excluding carboxylic acids is 1. The van der Waals surface area contributed by atoms with Crippen molar-refractivity contribution >= 4 is 38.9 Å². The van der Waals surface area contributed by atoms with E-state index in [1.165, 1.54) is 0 Å². The van der Waals surface area contributed by atoms with Crippen LogP contribution in [0.5, 0.6) is 5.75 Å². The van der Waals surface area contributed by atoms with Crippen LogP contribution < -0.4 is 10.2 Å². The topological polar surface area (TPSA) is 50.7 Å². The molecule has 0 radical (unpaired) electrons. The van der Waals surface area contributed by atoms with E-state index in [4.69, 9.17) is 4.74 Å². The number of hydrazone groups is 1. The molecule has 4 nitrogen and oxygen atoms in total. The van der Waals surface area contributed by atoms with Gasteiger partial charge in [0.15, 0.2) is 0 Å². The molecule has 21 heavy (non-hydrogen) atoms. The summed E-state index contributed by atoms with van der Waals surface area (Å²) in [6, 6.07) is 10.9. The predicted octanol–water partition coefficient (Wildman–Crippen LogP) is 4.06. The molecule has 0 fully saturated rings. The van der Waals surface area contributed by atoms with Crippen LogP contribution in [0.1, 0.15) is 29.1 Å². The Balaban J connectivity index is 2.00. The van der Waals surface area contributed by atoms with E-state index < -0.39 is 0 Å². The average Bonchev–Trinajstić information content (AvgIpc) is 2.92. The highest BCUT2D eigenvalue weighted by Gasteiger charge is 2.06. The molecule has 1 N–H and O–H groups in total. The molecule has 0 spiro atoms. The zero-order valence-corrected chi connectivity index (χ0v) is 14.1. The summed E-state index contributed by atoms with van der Waals surface area (Å²) >= 11 is 4.97. The van der Waals surface area contributed by atoms with Crippen LogP contribution in [0.15, 0.2) is 45.3 Å². The molecule has 1 heterocycles. The van der Waals surface area contributed by atoms with Gasteiger partial charge in [-0.3, -0.25) is 4.79 Å². The summed E-state index contributed by atoms with van der Waals surface area (Å²) in [4.78, 5) is 13.0. The Kier molecular flexibility index (Phi) is 5.52. The lowest BCUT2D eigenvalue weighted by Gasteiger charge is -2.04. The van der Waals surface area contributed by atoms with Crippen molar-refractivity contribution in [1.29, 1.82) is 0 Å². The number of thiophene rings is 1. The second kappa shape index (κ2) is 7.38. The molecule has 0 atom stereocenters. The molecular formula is C15H15BrN2O2S. The minimum absolute atomic E-state index is 0.243. The van der Waals surface area contributed by atoms with Crippen molar-refractivity contribution in [1.82, 2.24) is 5.43 Å². The van der Waals surface area contributed by atoms with E-state index in [1.54, 1.807) is 35.6 Å². The van der Waals surface area contributed by atoms with Crippen molar-refractivity contribution in [3.63, 3.8) is 0 Å². The second-order valence-electron chi connectivity index (χ2n) is 4.20. The third kappa shape index (κ3) is 4.41. The monoisotopic (exact) mass is 366 g/mol. The van der Waals surface area contributed by atoms with Gasteiger partial charge in [0.25, 0.3) is 5.91 Å². The average molecular weight is 367 g/mol. The van der Waals surface area contributed by atoms with Crippen LogP contribution >= 0.6 is 27.3 Å². The van der Waals surface area contributed by atoms with Gasteiger partial charge in [0.05, 0.1) is 21.0 Å². The maximum atomic E-state index is 12.0. The first-order valence-corrected chi connectivity index (χ1v) is 8.04. The summed E-state index contributed by atoms with van der Waals surface area (Å²) in [7, 11) is 0. The Morgan fingerprint density at radius 2 is 2.00 bits per heavy atom. The van der Waals surface area contributed by atoms with Crippen molar-refractivity contribution in [2.24, 2.45) is 5.10 Å². The van der Waals surface area contributed by atoms with Crippen molar-refractivity contribution in [3.8, 4) is 5.75 Å². The molecule has 6 heteroatoms. The third-order valence-corrected chi connectivity index (χ3v) is 4.41. The highest BCUT2D eigenvalue weighted by atomic mass is 79.9. The van der Waals surface area contributed by atoms with Crippen molar-refractivity contribution in [2.45, 2.75) is 13.8 Å². The van der Waals surface area contributed by atoms with Gasteiger partial charge in [0.1, 0.15) is 5.75 Å². The maximum absolute atomic E-state index is 12.0. The second-order valence-corrected chi connectivity index (χ2v) is 6.66. The van der Waals surface area contributed by atoms with Gasteiger partial charge in [0, 0.05) is 5.56 Å². The highest BCUT2D eigenvalue weighted by molar-refractivity contribution is 9.11. The number of nitrogens with one attached hydrogen (secondary N) is 1. The van der Waals surface area contributed by atoms with Crippen molar-refractivity contribution in [3.05, 3.63) is 50.6 Å². The molecule has 0 saturated heterocycles. The smallest absolute Gasteiger partial charge is 0.271 e. The number of halogens is 1. The number of rotatable bonds is 5. The Hall–Kier alpha value is -1.66. The minimum atomic E-state index is -0.243. The zero-order chi connectivity index (χ0) is 15.2. The molecule has 1 aromatic carbocycles. The molecule has 0 aliphatic rings. The number of hydrogen-bond acceptors (Lipinski definition) is 4. The summed E-state index contributed by atoms with van der Waals surface area (Å²) in [6.07, 6.45) is 0. The quantitative estimate of drug-likeness (QED) is 0.640. The first kappa shape index (κ1) is 15.7. The molecule has 110 valence electrons. The summed E-state index contributed by atoms with van der Waals surface area (Å²) in [6.45, 7) is 4.38. The van der Waals surface area contributed by atoms with Crippen LogP contribution in [0.4, 0.5) is 0 Å². The Bertz CT molecular complexity index is 650. The number of ether oxygens (including phenoxy) is 1. The summed E-state index contributed by atoms with van der Waals surface area (Å²) in [5.74, 6) is 0.505. The van der Waals surface area contributed by atoms with Gasteiger partial charge in [-0.25, -0.2) is 5.43 Å². The van der Waals surface area contributed by atoms with Crippen LogP contribution in [0.25, 0.3) is 0 Å². The maximum Gasteiger partial charge on any atom is 0.271 e. The largest absolute Gasteiger partial charge is 0.494 e. The third-order valence-electron chi connectivity index (χ3n) is 2.68. The summed E-state index contributed by atoms with van der Waals surface area (Å²) < 4.78 is 6.37. The summed E-state index contributed by atoms with van der Waals surface area (Å²) in [5.41, 5.74) is 3.87. The highest BCUT2D eigenvalue weighted by Crippen LogP contribution is 2.22.